The van der Waals surface area contributed by atoms with Crippen LogP contribution in [0.15, 0.2) is 18.2 Å². The predicted molar refractivity (Wildman–Crippen MR) is 137 cm³/mol. The lowest BCUT2D eigenvalue weighted by molar-refractivity contribution is 0.0265. The lowest BCUT2D eigenvalue weighted by Crippen LogP contribution is -2.55. The Bertz CT molecular complexity index is 1020. The molecule has 4 fully saturated rings. The quantitative estimate of drug-likeness (QED) is 0.577. The van der Waals surface area contributed by atoms with E-state index in [2.05, 4.69) is 4.90 Å². The van der Waals surface area contributed by atoms with Crippen LogP contribution < -0.4 is 4.90 Å². The Labute approximate surface area is 219 Å². The number of likely N-dealkylation sites (tertiary alicyclic amines) is 1. The van der Waals surface area contributed by atoms with E-state index in [0.717, 1.165) is 69.3 Å². The molecule has 2 amide bonds. The van der Waals surface area contributed by atoms with Crippen molar-refractivity contribution in [3.63, 3.8) is 0 Å². The molecule has 0 aliphatic carbocycles. The molecule has 5 aliphatic heterocycles. The van der Waals surface area contributed by atoms with Crippen LogP contribution in [0.1, 0.15) is 65.3 Å². The molecular formula is C28H40FN3O5. The van der Waals surface area contributed by atoms with Gasteiger partial charge in [-0.25, -0.2) is 14.0 Å². The van der Waals surface area contributed by atoms with Crippen molar-refractivity contribution in [2.75, 3.05) is 44.4 Å². The number of carbonyl (C=O) groups is 2. The Morgan fingerprint density at radius 2 is 1.86 bits per heavy atom. The van der Waals surface area contributed by atoms with Crippen molar-refractivity contribution in [1.82, 2.24) is 9.80 Å². The summed E-state index contributed by atoms with van der Waals surface area (Å²) in [5.74, 6) is -0.265. The smallest absolute Gasteiger partial charge is 0.414 e. The minimum atomic E-state index is -0.360. The Morgan fingerprint density at radius 3 is 2.54 bits per heavy atom. The van der Waals surface area contributed by atoms with Gasteiger partial charge in [-0.2, -0.15) is 0 Å². The van der Waals surface area contributed by atoms with Crippen LogP contribution in [0.4, 0.5) is 19.7 Å². The van der Waals surface area contributed by atoms with Gasteiger partial charge in [0.15, 0.2) is 0 Å². The molecule has 1 aromatic rings. The molecule has 2 bridgehead atoms. The Balaban J connectivity index is 0.00000294. The van der Waals surface area contributed by atoms with E-state index in [4.69, 9.17) is 14.2 Å². The van der Waals surface area contributed by atoms with Gasteiger partial charge in [0.1, 0.15) is 11.9 Å². The second-order valence-corrected chi connectivity index (χ2v) is 11.5. The third-order valence-corrected chi connectivity index (χ3v) is 9.28. The number of amides is 2. The van der Waals surface area contributed by atoms with Crippen LogP contribution in [0.2, 0.25) is 0 Å². The first kappa shape index (κ1) is 24.9. The molecule has 0 N–H and O–H groups in total. The number of rotatable bonds is 4. The van der Waals surface area contributed by atoms with Crippen molar-refractivity contribution in [2.24, 2.45) is 0 Å². The van der Waals surface area contributed by atoms with Gasteiger partial charge >= 0.3 is 12.2 Å². The lowest BCUT2D eigenvalue weighted by atomic mass is 9.73. The highest BCUT2D eigenvalue weighted by atomic mass is 19.1. The van der Waals surface area contributed by atoms with Crippen molar-refractivity contribution in [3.05, 3.63) is 29.6 Å². The van der Waals surface area contributed by atoms with E-state index < -0.39 is 0 Å². The molecule has 5 aliphatic rings. The minimum absolute atomic E-state index is 0. The van der Waals surface area contributed by atoms with Gasteiger partial charge in [-0.3, -0.25) is 4.90 Å². The summed E-state index contributed by atoms with van der Waals surface area (Å²) in [5.41, 5.74) is 1.44. The molecule has 3 atom stereocenters. The third-order valence-electron chi connectivity index (χ3n) is 9.28. The van der Waals surface area contributed by atoms with Crippen molar-refractivity contribution in [2.45, 2.75) is 87.9 Å². The van der Waals surface area contributed by atoms with E-state index in [0.29, 0.717) is 38.8 Å². The fraction of sp³-hybridized carbons (Fsp3) is 0.714. The number of ether oxygens (including phenoxy) is 3. The summed E-state index contributed by atoms with van der Waals surface area (Å²) in [6, 6.07) is 5.74. The molecule has 2 unspecified atom stereocenters. The SMILES string of the molecule is CCCOC(=O)N1C2CCC1CC(N1CCC3(CC1)CN(C(=O)O[C@H]1CCOC1)c1ccc(F)cc13)C2.[HH]. The Kier molecular flexibility index (Phi) is 6.77. The van der Waals surface area contributed by atoms with Gasteiger partial charge in [0, 0.05) is 37.9 Å². The zero-order valence-electron chi connectivity index (χ0n) is 21.7. The number of piperidine rings is 2. The first-order valence-electron chi connectivity index (χ1n) is 14.0. The number of fused-ring (bicyclic) bond motifs is 4. The maximum Gasteiger partial charge on any atom is 0.414 e. The molecule has 5 heterocycles. The van der Waals surface area contributed by atoms with Crippen LogP contribution in [0.5, 0.6) is 0 Å². The summed E-state index contributed by atoms with van der Waals surface area (Å²) in [6.45, 7) is 5.88. The van der Waals surface area contributed by atoms with Crippen molar-refractivity contribution in [3.8, 4) is 0 Å². The number of hydrogen-bond acceptors (Lipinski definition) is 6. The number of anilines is 1. The fourth-order valence-corrected chi connectivity index (χ4v) is 7.37. The lowest BCUT2D eigenvalue weighted by Gasteiger charge is -2.47. The standard InChI is InChI=1S/C28H38FN3O5.H2/c1-2-12-36-27(34)32-20-4-5-21(32)16-22(15-20)30-10-8-28(9-11-30)18-31(25-6-3-19(29)14-24(25)28)26(33)37-23-7-13-35-17-23;/h3,6,14,20-23H,2,4-5,7-13,15-18H2,1H3;1H/t20?,21?,22?,23-;/m0./s1. The highest BCUT2D eigenvalue weighted by Crippen LogP contribution is 2.49. The monoisotopic (exact) mass is 517 g/mol. The zero-order chi connectivity index (χ0) is 25.6. The van der Waals surface area contributed by atoms with E-state index in [1.54, 1.807) is 17.0 Å². The predicted octanol–water partition coefficient (Wildman–Crippen LogP) is 4.69. The Hall–Kier alpha value is -2.39. The summed E-state index contributed by atoms with van der Waals surface area (Å²) < 4.78 is 30.9. The maximum absolute atomic E-state index is 14.4. The number of halogens is 1. The summed E-state index contributed by atoms with van der Waals surface area (Å²) >= 11 is 0. The van der Waals surface area contributed by atoms with Crippen LogP contribution in [-0.4, -0.2) is 85.7 Å². The first-order valence-corrected chi connectivity index (χ1v) is 14.0. The molecule has 9 heteroatoms. The molecule has 1 spiro atoms. The van der Waals surface area contributed by atoms with Crippen LogP contribution >= 0.6 is 0 Å². The van der Waals surface area contributed by atoms with E-state index in [1.165, 1.54) is 6.07 Å². The van der Waals surface area contributed by atoms with Crippen LogP contribution in [-0.2, 0) is 19.6 Å². The molecule has 37 heavy (non-hydrogen) atoms. The van der Waals surface area contributed by atoms with Gasteiger partial charge in [-0.05, 0) is 81.8 Å². The average Bonchev–Trinajstić information content (AvgIpc) is 3.59. The van der Waals surface area contributed by atoms with Crippen molar-refractivity contribution in [1.29, 1.82) is 0 Å². The molecule has 1 aromatic carbocycles. The third kappa shape index (κ3) is 4.58. The number of hydrogen-bond donors (Lipinski definition) is 0. The van der Waals surface area contributed by atoms with E-state index in [-0.39, 0.29) is 43.0 Å². The molecule has 8 nitrogen and oxygen atoms in total. The van der Waals surface area contributed by atoms with Gasteiger partial charge in [0.25, 0.3) is 0 Å². The second-order valence-electron chi connectivity index (χ2n) is 11.5. The van der Waals surface area contributed by atoms with Crippen LogP contribution in [0.25, 0.3) is 0 Å². The van der Waals surface area contributed by atoms with Gasteiger partial charge < -0.3 is 24.0 Å². The molecule has 0 radical (unpaired) electrons. The maximum atomic E-state index is 14.4. The highest BCUT2D eigenvalue weighted by molar-refractivity contribution is 5.91. The van der Waals surface area contributed by atoms with Crippen molar-refractivity contribution >= 4 is 17.9 Å². The summed E-state index contributed by atoms with van der Waals surface area (Å²) in [7, 11) is 0. The van der Waals surface area contributed by atoms with E-state index in [1.807, 2.05) is 11.8 Å². The summed E-state index contributed by atoms with van der Waals surface area (Å²) in [4.78, 5) is 32.0. The summed E-state index contributed by atoms with van der Waals surface area (Å²) in [6.07, 6.45) is 6.64. The normalized spacial score (nSPS) is 30.5. The van der Waals surface area contributed by atoms with Gasteiger partial charge in [-0.1, -0.05) is 6.92 Å². The van der Waals surface area contributed by atoms with E-state index >= 15 is 0 Å². The minimum Gasteiger partial charge on any atom is -0.449 e. The molecular weight excluding hydrogens is 477 g/mol. The summed E-state index contributed by atoms with van der Waals surface area (Å²) in [5, 5.41) is 0. The van der Waals surface area contributed by atoms with Crippen LogP contribution in [0.3, 0.4) is 0 Å². The number of benzene rings is 1. The molecule has 0 aromatic heterocycles. The molecule has 0 saturated carbocycles. The van der Waals surface area contributed by atoms with Crippen LogP contribution in [0, 0.1) is 5.82 Å². The van der Waals surface area contributed by atoms with Crippen molar-refractivity contribution < 1.29 is 29.6 Å². The zero-order valence-corrected chi connectivity index (χ0v) is 21.7. The first-order chi connectivity index (χ1) is 18.0. The van der Waals surface area contributed by atoms with Gasteiger partial charge in [0.2, 0.25) is 0 Å². The molecule has 204 valence electrons. The second kappa shape index (κ2) is 10.1. The largest absolute Gasteiger partial charge is 0.449 e. The number of carbonyl (C=O) groups excluding carboxylic acids is 2. The average molecular weight is 518 g/mol. The van der Waals surface area contributed by atoms with Gasteiger partial charge in [-0.15, -0.1) is 0 Å². The molecule has 6 rings (SSSR count). The number of nitrogens with zero attached hydrogens (tertiary/aromatic N) is 3. The molecule has 4 saturated heterocycles. The fourth-order valence-electron chi connectivity index (χ4n) is 7.37. The topological polar surface area (TPSA) is 71.6 Å². The Morgan fingerprint density at radius 1 is 1.11 bits per heavy atom. The highest BCUT2D eigenvalue weighted by Gasteiger charge is 2.50. The van der Waals surface area contributed by atoms with E-state index in [9.17, 15) is 14.0 Å². The van der Waals surface area contributed by atoms with Gasteiger partial charge in [0.05, 0.1) is 25.5 Å².